The molecule has 0 aliphatic carbocycles. The van der Waals surface area contributed by atoms with Gasteiger partial charge in [0, 0.05) is 12.8 Å². The van der Waals surface area contributed by atoms with Crippen molar-refractivity contribution in [1.82, 2.24) is 5.32 Å². The maximum atomic E-state index is 12.5. The molecule has 3 N–H and O–H groups in total. The Kier molecular flexibility index (Phi) is 47.1. The maximum Gasteiger partial charge on any atom is 0.305 e. The van der Waals surface area contributed by atoms with E-state index in [1.165, 1.54) is 193 Å². The molecule has 58 heavy (non-hydrogen) atoms. The van der Waals surface area contributed by atoms with E-state index in [0.717, 1.165) is 57.8 Å². The first-order chi connectivity index (χ1) is 28.5. The van der Waals surface area contributed by atoms with Gasteiger partial charge in [-0.25, -0.2) is 0 Å². The lowest BCUT2D eigenvalue weighted by Crippen LogP contribution is -2.45. The van der Waals surface area contributed by atoms with Crippen LogP contribution in [0, 0.1) is 0 Å². The van der Waals surface area contributed by atoms with Gasteiger partial charge in [0.25, 0.3) is 0 Å². The molecule has 0 bridgehead atoms. The zero-order valence-corrected chi connectivity index (χ0v) is 39.0. The van der Waals surface area contributed by atoms with Crippen LogP contribution in [-0.4, -0.2) is 47.4 Å². The highest BCUT2D eigenvalue weighted by Gasteiger charge is 2.20. The molecule has 1 amide bonds. The van der Waals surface area contributed by atoms with E-state index in [1.54, 1.807) is 0 Å². The molecular weight excluding hydrogens is 719 g/mol. The molecule has 0 aliphatic rings. The second-order valence-electron chi connectivity index (χ2n) is 17.9. The molecule has 0 aromatic rings. The maximum absolute atomic E-state index is 12.5. The number of ether oxygens (including phenoxy) is 1. The third kappa shape index (κ3) is 44.2. The Morgan fingerprint density at radius 3 is 1.24 bits per heavy atom. The molecule has 0 radical (unpaired) electrons. The molecule has 0 aromatic heterocycles. The van der Waals surface area contributed by atoms with E-state index in [2.05, 4.69) is 31.3 Å². The van der Waals surface area contributed by atoms with Crippen molar-refractivity contribution >= 4 is 11.9 Å². The highest BCUT2D eigenvalue weighted by Crippen LogP contribution is 2.17. The standard InChI is InChI=1S/C52H101NO5/c1-3-5-7-9-11-13-15-17-18-19-20-21-22-24-25-28-32-36-40-44-50(55)49(48-54)53-51(56)45-41-37-33-29-27-31-35-39-43-47-58-52(57)46-42-38-34-30-26-23-16-14-12-10-8-6-4-2/h14,16,49-50,54-55H,3-13,15,17-48H2,1-2H3,(H,53,56)/b16-14-. The molecule has 0 saturated carbocycles. The van der Waals surface area contributed by atoms with Gasteiger partial charge in [0.05, 0.1) is 25.4 Å². The minimum atomic E-state index is -0.681. The Hall–Kier alpha value is -1.40. The van der Waals surface area contributed by atoms with E-state index in [-0.39, 0.29) is 18.5 Å². The first kappa shape index (κ1) is 56.6. The second-order valence-corrected chi connectivity index (χ2v) is 17.9. The van der Waals surface area contributed by atoms with Crippen molar-refractivity contribution < 1.29 is 24.5 Å². The van der Waals surface area contributed by atoms with Crippen LogP contribution in [0.3, 0.4) is 0 Å². The van der Waals surface area contributed by atoms with Gasteiger partial charge in [-0.2, -0.15) is 0 Å². The van der Waals surface area contributed by atoms with Crippen LogP contribution in [0.1, 0.15) is 284 Å². The van der Waals surface area contributed by atoms with E-state index in [0.29, 0.717) is 25.9 Å². The smallest absolute Gasteiger partial charge is 0.305 e. The number of carbonyl (C=O) groups excluding carboxylic acids is 2. The zero-order chi connectivity index (χ0) is 42.3. The first-order valence-electron chi connectivity index (χ1n) is 25.9. The van der Waals surface area contributed by atoms with Crippen LogP contribution in [0.15, 0.2) is 12.2 Å². The van der Waals surface area contributed by atoms with Crippen LogP contribution in [0.5, 0.6) is 0 Å². The summed E-state index contributed by atoms with van der Waals surface area (Å²) in [6, 6.07) is -0.561. The largest absolute Gasteiger partial charge is 0.466 e. The normalized spacial score (nSPS) is 12.7. The number of hydrogen-bond donors (Lipinski definition) is 3. The molecule has 0 aromatic carbocycles. The van der Waals surface area contributed by atoms with Gasteiger partial charge in [-0.05, 0) is 51.4 Å². The summed E-state index contributed by atoms with van der Waals surface area (Å²) >= 11 is 0. The Morgan fingerprint density at radius 2 is 0.810 bits per heavy atom. The number of aliphatic hydroxyl groups excluding tert-OH is 2. The van der Waals surface area contributed by atoms with Crippen molar-refractivity contribution in [2.75, 3.05) is 13.2 Å². The Bertz CT molecular complexity index is 863. The lowest BCUT2D eigenvalue weighted by Gasteiger charge is -2.22. The van der Waals surface area contributed by atoms with Crippen LogP contribution >= 0.6 is 0 Å². The van der Waals surface area contributed by atoms with Crippen molar-refractivity contribution in [3.8, 4) is 0 Å². The third-order valence-corrected chi connectivity index (χ3v) is 12.1. The van der Waals surface area contributed by atoms with E-state index in [9.17, 15) is 19.8 Å². The average molecular weight is 820 g/mol. The van der Waals surface area contributed by atoms with Gasteiger partial charge in [0.1, 0.15) is 0 Å². The summed E-state index contributed by atoms with van der Waals surface area (Å²) < 4.78 is 5.44. The van der Waals surface area contributed by atoms with Crippen molar-refractivity contribution in [1.29, 1.82) is 0 Å². The lowest BCUT2D eigenvalue weighted by atomic mass is 10.0. The van der Waals surface area contributed by atoms with Gasteiger partial charge in [-0.1, -0.05) is 231 Å². The third-order valence-electron chi connectivity index (χ3n) is 12.1. The van der Waals surface area contributed by atoms with Gasteiger partial charge >= 0.3 is 5.97 Å². The van der Waals surface area contributed by atoms with Crippen LogP contribution in [0.4, 0.5) is 0 Å². The summed E-state index contributed by atoms with van der Waals surface area (Å²) in [5.74, 6) is -0.0945. The molecule has 0 spiro atoms. The molecule has 2 atom stereocenters. The van der Waals surface area contributed by atoms with Crippen molar-refractivity contribution in [3.05, 3.63) is 12.2 Å². The highest BCUT2D eigenvalue weighted by atomic mass is 16.5. The topological polar surface area (TPSA) is 95.9 Å². The van der Waals surface area contributed by atoms with Gasteiger partial charge in [-0.3, -0.25) is 9.59 Å². The molecule has 0 heterocycles. The molecule has 0 fully saturated rings. The minimum Gasteiger partial charge on any atom is -0.466 e. The predicted octanol–water partition coefficient (Wildman–Crippen LogP) is 15.3. The summed E-state index contributed by atoms with van der Waals surface area (Å²) in [7, 11) is 0. The number of rotatable bonds is 48. The van der Waals surface area contributed by atoms with Gasteiger partial charge in [-0.15, -0.1) is 0 Å². The number of allylic oxidation sites excluding steroid dienone is 2. The summed E-state index contributed by atoms with van der Waals surface area (Å²) in [6.45, 7) is 4.88. The van der Waals surface area contributed by atoms with E-state index >= 15 is 0 Å². The number of aliphatic hydroxyl groups is 2. The molecule has 0 rings (SSSR count). The SMILES string of the molecule is CCCCCC/C=C\CCCCCCCC(=O)OCCCCCCCCCCCC(=O)NC(CO)C(O)CCCCCCCCCCCCCCCCCCCCC. The van der Waals surface area contributed by atoms with Gasteiger partial charge in [0.15, 0.2) is 0 Å². The van der Waals surface area contributed by atoms with E-state index < -0.39 is 12.1 Å². The van der Waals surface area contributed by atoms with Crippen molar-refractivity contribution in [2.45, 2.75) is 296 Å². The lowest BCUT2D eigenvalue weighted by molar-refractivity contribution is -0.143. The summed E-state index contributed by atoms with van der Waals surface area (Å²) in [6.07, 6.45) is 54.6. The van der Waals surface area contributed by atoms with E-state index in [1.807, 2.05) is 0 Å². The molecule has 344 valence electrons. The van der Waals surface area contributed by atoms with Crippen LogP contribution < -0.4 is 5.32 Å². The molecule has 0 saturated heterocycles. The van der Waals surface area contributed by atoms with Crippen LogP contribution in [0.25, 0.3) is 0 Å². The number of unbranched alkanes of at least 4 members (excludes halogenated alkanes) is 35. The molecule has 6 heteroatoms. The van der Waals surface area contributed by atoms with Crippen LogP contribution in [0.2, 0.25) is 0 Å². The van der Waals surface area contributed by atoms with Crippen molar-refractivity contribution in [3.63, 3.8) is 0 Å². The average Bonchev–Trinajstić information content (AvgIpc) is 3.22. The molecule has 2 unspecified atom stereocenters. The van der Waals surface area contributed by atoms with Gasteiger partial charge in [0.2, 0.25) is 5.91 Å². The summed E-state index contributed by atoms with van der Waals surface area (Å²) in [5.41, 5.74) is 0. The Labute approximate surface area is 361 Å². The van der Waals surface area contributed by atoms with Gasteiger partial charge < -0.3 is 20.3 Å². The monoisotopic (exact) mass is 820 g/mol. The van der Waals surface area contributed by atoms with E-state index in [4.69, 9.17) is 4.74 Å². The van der Waals surface area contributed by atoms with Crippen molar-refractivity contribution in [2.24, 2.45) is 0 Å². The summed E-state index contributed by atoms with van der Waals surface area (Å²) in [5, 5.41) is 23.2. The number of esters is 1. The fraction of sp³-hybridized carbons (Fsp3) is 0.923. The summed E-state index contributed by atoms with van der Waals surface area (Å²) in [4.78, 5) is 24.5. The zero-order valence-electron chi connectivity index (χ0n) is 39.0. The fourth-order valence-corrected chi connectivity index (χ4v) is 8.05. The minimum absolute atomic E-state index is 0.0335. The molecule has 6 nitrogen and oxygen atoms in total. The highest BCUT2D eigenvalue weighted by molar-refractivity contribution is 5.76. The number of nitrogens with one attached hydrogen (secondary N) is 1. The van der Waals surface area contributed by atoms with Crippen LogP contribution in [-0.2, 0) is 14.3 Å². The Morgan fingerprint density at radius 1 is 0.466 bits per heavy atom. The molecule has 0 aliphatic heterocycles. The number of hydrogen-bond acceptors (Lipinski definition) is 5. The fourth-order valence-electron chi connectivity index (χ4n) is 8.05. The number of amides is 1. The Balaban J connectivity index is 3.49. The second kappa shape index (κ2) is 48.3. The number of carbonyl (C=O) groups is 2. The quantitative estimate of drug-likeness (QED) is 0.0323. The predicted molar refractivity (Wildman–Crippen MR) is 250 cm³/mol. The first-order valence-corrected chi connectivity index (χ1v) is 25.9. The molecular formula is C52H101NO5.